The summed E-state index contributed by atoms with van der Waals surface area (Å²) in [4.78, 5) is 14.6. The highest BCUT2D eigenvalue weighted by Crippen LogP contribution is 2.28. The summed E-state index contributed by atoms with van der Waals surface area (Å²) in [5, 5.41) is 3.28. The van der Waals surface area contributed by atoms with E-state index in [1.54, 1.807) is 0 Å². The Bertz CT molecular complexity index is 472. The van der Waals surface area contributed by atoms with E-state index in [9.17, 15) is 4.79 Å². The molecule has 4 heteroatoms. The van der Waals surface area contributed by atoms with Gasteiger partial charge < -0.3 is 15.0 Å². The molecule has 2 rings (SSSR count). The highest BCUT2D eigenvalue weighted by Gasteiger charge is 2.29. The maximum Gasteiger partial charge on any atom is 0.265 e. The van der Waals surface area contributed by atoms with Gasteiger partial charge in [0.15, 0.2) is 6.10 Å². The molecule has 1 heterocycles. The summed E-state index contributed by atoms with van der Waals surface area (Å²) in [6, 6.07) is 7.76. The molecular formula is C17H26N2O2. The van der Waals surface area contributed by atoms with E-state index in [0.717, 1.165) is 37.4 Å². The Labute approximate surface area is 127 Å². The first-order valence-electron chi connectivity index (χ1n) is 7.97. The largest absolute Gasteiger partial charge is 0.477 e. The van der Waals surface area contributed by atoms with Crippen molar-refractivity contribution in [3.63, 3.8) is 0 Å². The Hall–Kier alpha value is -1.71. The molecular weight excluding hydrogens is 264 g/mol. The van der Waals surface area contributed by atoms with E-state index in [0.29, 0.717) is 12.5 Å². The fourth-order valence-corrected chi connectivity index (χ4v) is 2.69. The van der Waals surface area contributed by atoms with E-state index in [2.05, 4.69) is 19.2 Å². The Kier molecular flexibility index (Phi) is 5.48. The minimum atomic E-state index is -0.422. The van der Waals surface area contributed by atoms with Crippen LogP contribution in [-0.4, -0.2) is 36.5 Å². The fraction of sp³-hybridized carbons (Fsp3) is 0.588. The highest BCUT2D eigenvalue weighted by atomic mass is 16.5. The molecule has 1 amide bonds. The first-order valence-corrected chi connectivity index (χ1v) is 7.97. The summed E-state index contributed by atoms with van der Waals surface area (Å²) < 4.78 is 5.87. The first-order chi connectivity index (χ1) is 10.2. The van der Waals surface area contributed by atoms with Gasteiger partial charge in [0.2, 0.25) is 0 Å². The second kappa shape index (κ2) is 7.34. The third kappa shape index (κ3) is 3.69. The number of hydrogen-bond acceptors (Lipinski definition) is 3. The molecule has 1 unspecified atom stereocenters. The number of benzene rings is 1. The van der Waals surface area contributed by atoms with E-state index in [1.165, 1.54) is 0 Å². The maximum absolute atomic E-state index is 12.7. The van der Waals surface area contributed by atoms with Crippen LogP contribution >= 0.6 is 0 Å². The van der Waals surface area contributed by atoms with Crippen molar-refractivity contribution in [2.75, 3.05) is 25.0 Å². The second-order valence-electron chi connectivity index (χ2n) is 5.54. The van der Waals surface area contributed by atoms with Gasteiger partial charge in [0, 0.05) is 13.1 Å². The van der Waals surface area contributed by atoms with Crippen LogP contribution in [-0.2, 0) is 4.79 Å². The van der Waals surface area contributed by atoms with Gasteiger partial charge in [0.05, 0.1) is 12.2 Å². The molecule has 1 aromatic rings. The molecule has 0 radical (unpaired) electrons. The molecule has 4 nitrogen and oxygen atoms in total. The average molecular weight is 290 g/mol. The Morgan fingerprint density at radius 2 is 2.05 bits per heavy atom. The van der Waals surface area contributed by atoms with Gasteiger partial charge in [-0.05, 0) is 25.0 Å². The zero-order chi connectivity index (χ0) is 15.2. The van der Waals surface area contributed by atoms with Gasteiger partial charge in [-0.15, -0.1) is 0 Å². The molecule has 1 aromatic carbocycles. The van der Waals surface area contributed by atoms with Crippen LogP contribution in [0.15, 0.2) is 24.3 Å². The van der Waals surface area contributed by atoms with Crippen LogP contribution in [0.25, 0.3) is 0 Å². The zero-order valence-corrected chi connectivity index (χ0v) is 13.3. The van der Waals surface area contributed by atoms with Gasteiger partial charge in [0.1, 0.15) is 5.75 Å². The Morgan fingerprint density at radius 3 is 2.71 bits per heavy atom. The van der Waals surface area contributed by atoms with Crippen molar-refractivity contribution in [3.8, 4) is 5.75 Å². The number of nitrogens with one attached hydrogen (secondary N) is 1. The minimum absolute atomic E-state index is 0.0893. The number of nitrogens with zero attached hydrogens (tertiary/aromatic N) is 1. The van der Waals surface area contributed by atoms with Crippen molar-refractivity contribution in [3.05, 3.63) is 24.3 Å². The molecule has 0 fully saturated rings. The number of carbonyl (C=O) groups excluding carboxylic acids is 1. The van der Waals surface area contributed by atoms with Gasteiger partial charge in [-0.1, -0.05) is 38.8 Å². The smallest absolute Gasteiger partial charge is 0.265 e. The number of fused-ring (bicyclic) bond motifs is 1. The SMILES string of the molecule is CCC(CC)CN(CC)C(=O)C1CNc2ccccc2O1. The number of rotatable bonds is 6. The van der Waals surface area contributed by atoms with E-state index in [-0.39, 0.29) is 5.91 Å². The molecule has 0 saturated carbocycles. The normalized spacial score (nSPS) is 16.9. The molecule has 0 bridgehead atoms. The molecule has 21 heavy (non-hydrogen) atoms. The molecule has 0 spiro atoms. The molecule has 1 atom stereocenters. The third-order valence-electron chi connectivity index (χ3n) is 4.24. The number of anilines is 1. The zero-order valence-electron chi connectivity index (χ0n) is 13.3. The summed E-state index contributed by atoms with van der Waals surface area (Å²) >= 11 is 0. The predicted octanol–water partition coefficient (Wildman–Crippen LogP) is 3.14. The minimum Gasteiger partial charge on any atom is -0.477 e. The molecule has 116 valence electrons. The maximum atomic E-state index is 12.7. The number of para-hydroxylation sites is 2. The van der Waals surface area contributed by atoms with E-state index < -0.39 is 6.10 Å². The summed E-state index contributed by atoms with van der Waals surface area (Å²) in [7, 11) is 0. The number of amides is 1. The molecule has 1 N–H and O–H groups in total. The lowest BCUT2D eigenvalue weighted by atomic mass is 10.0. The van der Waals surface area contributed by atoms with Gasteiger partial charge in [-0.2, -0.15) is 0 Å². The number of ether oxygens (including phenoxy) is 1. The number of hydrogen-bond donors (Lipinski definition) is 1. The van der Waals surface area contributed by atoms with Crippen molar-refractivity contribution in [2.45, 2.75) is 39.7 Å². The van der Waals surface area contributed by atoms with Crippen molar-refractivity contribution in [2.24, 2.45) is 5.92 Å². The number of carbonyl (C=O) groups is 1. The standard InChI is InChI=1S/C17H26N2O2/c1-4-13(5-2)12-19(6-3)17(20)16-11-18-14-9-7-8-10-15(14)21-16/h7-10,13,16,18H,4-6,11-12H2,1-3H3. The number of likely N-dealkylation sites (N-methyl/N-ethyl adjacent to an activating group) is 1. The van der Waals surface area contributed by atoms with Crippen molar-refractivity contribution in [1.82, 2.24) is 4.90 Å². The van der Waals surface area contributed by atoms with Gasteiger partial charge in [0.25, 0.3) is 5.91 Å². The molecule has 1 aliphatic heterocycles. The fourth-order valence-electron chi connectivity index (χ4n) is 2.69. The quantitative estimate of drug-likeness (QED) is 0.875. The monoisotopic (exact) mass is 290 g/mol. The van der Waals surface area contributed by atoms with Crippen LogP contribution in [0.4, 0.5) is 5.69 Å². The van der Waals surface area contributed by atoms with Crippen molar-refractivity contribution >= 4 is 11.6 Å². The molecule has 0 saturated heterocycles. The molecule has 0 aliphatic carbocycles. The van der Waals surface area contributed by atoms with Gasteiger partial charge in [-0.3, -0.25) is 4.79 Å². The topological polar surface area (TPSA) is 41.6 Å². The highest BCUT2D eigenvalue weighted by molar-refractivity contribution is 5.83. The lowest BCUT2D eigenvalue weighted by Gasteiger charge is -2.32. The van der Waals surface area contributed by atoms with Crippen molar-refractivity contribution < 1.29 is 9.53 Å². The Morgan fingerprint density at radius 1 is 1.33 bits per heavy atom. The van der Waals surface area contributed by atoms with Crippen LogP contribution in [0.5, 0.6) is 5.75 Å². The van der Waals surface area contributed by atoms with Crippen molar-refractivity contribution in [1.29, 1.82) is 0 Å². The predicted molar refractivity (Wildman–Crippen MR) is 85.7 cm³/mol. The van der Waals surface area contributed by atoms with Gasteiger partial charge in [-0.25, -0.2) is 0 Å². The van der Waals surface area contributed by atoms with Crippen LogP contribution < -0.4 is 10.1 Å². The summed E-state index contributed by atoms with van der Waals surface area (Å²) in [5.74, 6) is 1.42. The third-order valence-corrected chi connectivity index (χ3v) is 4.24. The van der Waals surface area contributed by atoms with Crippen LogP contribution in [0.2, 0.25) is 0 Å². The van der Waals surface area contributed by atoms with Gasteiger partial charge >= 0.3 is 0 Å². The Balaban J connectivity index is 2.02. The summed E-state index contributed by atoms with van der Waals surface area (Å²) in [5.41, 5.74) is 0.963. The summed E-state index contributed by atoms with van der Waals surface area (Å²) in [6.45, 7) is 8.49. The van der Waals surface area contributed by atoms with Crippen LogP contribution in [0.3, 0.4) is 0 Å². The lowest BCUT2D eigenvalue weighted by Crippen LogP contribution is -2.48. The molecule has 1 aliphatic rings. The van der Waals surface area contributed by atoms with Crippen LogP contribution in [0.1, 0.15) is 33.6 Å². The molecule has 0 aromatic heterocycles. The van der Waals surface area contributed by atoms with E-state index in [4.69, 9.17) is 4.74 Å². The van der Waals surface area contributed by atoms with Crippen LogP contribution in [0, 0.1) is 5.92 Å². The van der Waals surface area contributed by atoms with E-state index in [1.807, 2.05) is 36.1 Å². The first kappa shape index (κ1) is 15.7. The average Bonchev–Trinajstić information content (AvgIpc) is 2.55. The second-order valence-corrected chi connectivity index (χ2v) is 5.54. The summed E-state index contributed by atoms with van der Waals surface area (Å²) in [6.07, 6.45) is 1.79. The van der Waals surface area contributed by atoms with E-state index >= 15 is 0 Å². The lowest BCUT2D eigenvalue weighted by molar-refractivity contribution is -0.138.